The van der Waals surface area contributed by atoms with Gasteiger partial charge in [0.1, 0.15) is 17.4 Å². The molecule has 0 aliphatic heterocycles. The lowest BCUT2D eigenvalue weighted by Crippen LogP contribution is -2.40. The molecule has 0 amide bonds. The Morgan fingerprint density at radius 1 is 1.29 bits per heavy atom. The highest BCUT2D eigenvalue weighted by molar-refractivity contribution is 5.35. The van der Waals surface area contributed by atoms with E-state index in [0.717, 1.165) is 24.8 Å². The molecule has 1 heterocycles. The van der Waals surface area contributed by atoms with E-state index in [1.807, 2.05) is 24.3 Å². The largest absolute Gasteiger partial charge is 0.449 e. The first kappa shape index (κ1) is 13.9. The van der Waals surface area contributed by atoms with Gasteiger partial charge in [-0.25, -0.2) is 0 Å². The number of benzene rings is 1. The highest BCUT2D eigenvalue weighted by Gasteiger charge is 2.33. The molecule has 1 aliphatic carbocycles. The molecule has 4 heteroatoms. The van der Waals surface area contributed by atoms with Crippen LogP contribution >= 0.6 is 0 Å². The van der Waals surface area contributed by atoms with E-state index in [2.05, 4.69) is 11.4 Å². The third-order valence-electron chi connectivity index (χ3n) is 4.04. The molecule has 108 valence electrons. The van der Waals surface area contributed by atoms with E-state index >= 15 is 0 Å². The zero-order chi connectivity index (χ0) is 14.7. The number of fused-ring (bicyclic) bond motifs is 1. The molecule has 0 saturated carbocycles. The minimum Gasteiger partial charge on any atom is -0.449 e. The fraction of sp³-hybridized carbons (Fsp3) is 0.353. The topological polar surface area (TPSA) is 69.2 Å². The van der Waals surface area contributed by atoms with E-state index in [1.165, 1.54) is 5.56 Å². The smallest absolute Gasteiger partial charge is 0.203 e. The van der Waals surface area contributed by atoms with Crippen molar-refractivity contribution in [2.24, 2.45) is 0 Å². The second-order valence-corrected chi connectivity index (χ2v) is 5.52. The summed E-state index contributed by atoms with van der Waals surface area (Å²) in [6, 6.07) is 13.5. The molecule has 1 unspecified atom stereocenters. The molecular formula is C17H18N2O2. The van der Waals surface area contributed by atoms with Crippen LogP contribution in [0.25, 0.3) is 0 Å². The number of furan rings is 1. The number of hydrogen-bond donors (Lipinski definition) is 2. The Balaban J connectivity index is 1.66. The monoisotopic (exact) mass is 282 g/mol. The standard InChI is InChI=1S/C17H18N2O2/c18-10-14-7-8-15(21-14)11-19-12-17(20)9-3-5-13-4-1-2-6-16(13)17/h1-2,4,6-8,19-20H,3,5,9,11-12H2. The van der Waals surface area contributed by atoms with Crippen molar-refractivity contribution < 1.29 is 9.52 Å². The second kappa shape index (κ2) is 5.72. The minimum absolute atomic E-state index is 0.313. The number of nitrogens with one attached hydrogen (secondary N) is 1. The van der Waals surface area contributed by atoms with Crippen molar-refractivity contribution in [3.05, 3.63) is 59.0 Å². The summed E-state index contributed by atoms with van der Waals surface area (Å²) < 4.78 is 5.32. The Morgan fingerprint density at radius 2 is 2.14 bits per heavy atom. The molecule has 0 radical (unpaired) electrons. The number of nitriles is 1. The van der Waals surface area contributed by atoms with Gasteiger partial charge in [-0.1, -0.05) is 24.3 Å². The number of rotatable bonds is 4. The maximum atomic E-state index is 10.9. The lowest BCUT2D eigenvalue weighted by atomic mass is 9.79. The van der Waals surface area contributed by atoms with Crippen molar-refractivity contribution in [1.82, 2.24) is 5.32 Å². The summed E-state index contributed by atoms with van der Waals surface area (Å²) in [5.41, 5.74) is 1.44. The Labute approximate surface area is 124 Å². The Morgan fingerprint density at radius 3 is 2.95 bits per heavy atom. The van der Waals surface area contributed by atoms with Crippen molar-refractivity contribution in [3.8, 4) is 6.07 Å². The number of hydrogen-bond acceptors (Lipinski definition) is 4. The normalized spacial score (nSPS) is 20.8. The number of aryl methyl sites for hydroxylation is 1. The number of aliphatic hydroxyl groups is 1. The maximum absolute atomic E-state index is 10.9. The van der Waals surface area contributed by atoms with Gasteiger partial charge < -0.3 is 14.8 Å². The third-order valence-corrected chi connectivity index (χ3v) is 4.04. The molecule has 1 aliphatic rings. The van der Waals surface area contributed by atoms with Crippen LogP contribution in [0.4, 0.5) is 0 Å². The van der Waals surface area contributed by atoms with E-state index in [1.54, 1.807) is 12.1 Å². The lowest BCUT2D eigenvalue weighted by Gasteiger charge is -2.34. The van der Waals surface area contributed by atoms with Crippen LogP contribution in [0.1, 0.15) is 35.5 Å². The van der Waals surface area contributed by atoms with Crippen LogP contribution in [0.15, 0.2) is 40.8 Å². The van der Waals surface area contributed by atoms with Gasteiger partial charge in [0, 0.05) is 6.54 Å². The zero-order valence-corrected chi connectivity index (χ0v) is 11.8. The lowest BCUT2D eigenvalue weighted by molar-refractivity contribution is 0.0186. The predicted molar refractivity (Wildman–Crippen MR) is 78.4 cm³/mol. The summed E-state index contributed by atoms with van der Waals surface area (Å²) >= 11 is 0. The van der Waals surface area contributed by atoms with Crippen molar-refractivity contribution in [2.45, 2.75) is 31.4 Å². The third kappa shape index (κ3) is 2.85. The molecule has 2 N–H and O–H groups in total. The fourth-order valence-electron chi connectivity index (χ4n) is 3.01. The summed E-state index contributed by atoms with van der Waals surface area (Å²) in [4.78, 5) is 0. The van der Waals surface area contributed by atoms with Crippen molar-refractivity contribution in [3.63, 3.8) is 0 Å². The first-order chi connectivity index (χ1) is 10.2. The highest BCUT2D eigenvalue weighted by atomic mass is 16.3. The van der Waals surface area contributed by atoms with E-state index < -0.39 is 5.60 Å². The van der Waals surface area contributed by atoms with Crippen LogP contribution in [0.2, 0.25) is 0 Å². The number of nitrogens with zero attached hydrogens (tertiary/aromatic N) is 1. The maximum Gasteiger partial charge on any atom is 0.203 e. The van der Waals surface area contributed by atoms with Gasteiger partial charge in [-0.2, -0.15) is 5.26 Å². The predicted octanol–water partition coefficient (Wildman–Crippen LogP) is 2.46. The van der Waals surface area contributed by atoms with Gasteiger partial charge in [-0.05, 0) is 42.5 Å². The first-order valence-electron chi connectivity index (χ1n) is 7.21. The molecule has 1 atom stereocenters. The summed E-state index contributed by atoms with van der Waals surface area (Å²) in [6.45, 7) is 0.985. The molecule has 1 aromatic heterocycles. The van der Waals surface area contributed by atoms with Crippen molar-refractivity contribution in [2.75, 3.05) is 6.54 Å². The highest BCUT2D eigenvalue weighted by Crippen LogP contribution is 2.34. The van der Waals surface area contributed by atoms with Gasteiger partial charge in [-0.3, -0.25) is 0 Å². The molecule has 3 rings (SSSR count). The minimum atomic E-state index is -0.820. The molecule has 0 saturated heterocycles. The van der Waals surface area contributed by atoms with E-state index in [9.17, 15) is 5.11 Å². The summed E-state index contributed by atoms with van der Waals surface area (Å²) in [7, 11) is 0. The molecule has 0 fully saturated rings. The zero-order valence-electron chi connectivity index (χ0n) is 11.8. The molecule has 1 aromatic carbocycles. The molecule has 21 heavy (non-hydrogen) atoms. The first-order valence-corrected chi connectivity index (χ1v) is 7.21. The van der Waals surface area contributed by atoms with Crippen LogP contribution in [-0.2, 0) is 18.6 Å². The second-order valence-electron chi connectivity index (χ2n) is 5.52. The quantitative estimate of drug-likeness (QED) is 0.904. The van der Waals surface area contributed by atoms with Gasteiger partial charge in [-0.15, -0.1) is 0 Å². The van der Waals surface area contributed by atoms with E-state index in [-0.39, 0.29) is 0 Å². The molecule has 4 nitrogen and oxygen atoms in total. The summed E-state index contributed by atoms with van der Waals surface area (Å²) in [6.07, 6.45) is 2.79. The summed E-state index contributed by atoms with van der Waals surface area (Å²) in [5, 5.41) is 22.9. The van der Waals surface area contributed by atoms with Gasteiger partial charge in [0.2, 0.25) is 5.76 Å². The Kier molecular flexibility index (Phi) is 3.78. The molecular weight excluding hydrogens is 264 g/mol. The fourth-order valence-corrected chi connectivity index (χ4v) is 3.01. The van der Waals surface area contributed by atoms with Crippen molar-refractivity contribution >= 4 is 0 Å². The molecule has 2 aromatic rings. The van der Waals surface area contributed by atoms with Crippen molar-refractivity contribution in [1.29, 1.82) is 5.26 Å². The van der Waals surface area contributed by atoms with Crippen LogP contribution < -0.4 is 5.32 Å². The van der Waals surface area contributed by atoms with Crippen LogP contribution in [-0.4, -0.2) is 11.7 Å². The van der Waals surface area contributed by atoms with Crippen LogP contribution in [0, 0.1) is 11.3 Å². The average Bonchev–Trinajstić information content (AvgIpc) is 2.96. The Hall–Kier alpha value is -2.09. The van der Waals surface area contributed by atoms with Gasteiger partial charge in [0.15, 0.2) is 0 Å². The van der Waals surface area contributed by atoms with Crippen LogP contribution in [0.3, 0.4) is 0 Å². The van der Waals surface area contributed by atoms with Crippen LogP contribution in [0.5, 0.6) is 0 Å². The van der Waals surface area contributed by atoms with Gasteiger partial charge in [0.25, 0.3) is 0 Å². The van der Waals surface area contributed by atoms with E-state index in [4.69, 9.17) is 9.68 Å². The average molecular weight is 282 g/mol. The van der Waals surface area contributed by atoms with Gasteiger partial charge in [0.05, 0.1) is 6.54 Å². The summed E-state index contributed by atoms with van der Waals surface area (Å²) in [5.74, 6) is 1.02. The molecule has 0 spiro atoms. The SMILES string of the molecule is N#Cc1ccc(CNCC2(O)CCCc3ccccc32)o1. The molecule has 0 bridgehead atoms. The van der Waals surface area contributed by atoms with Gasteiger partial charge >= 0.3 is 0 Å². The van der Waals surface area contributed by atoms with E-state index in [0.29, 0.717) is 24.6 Å². The Bertz CT molecular complexity index is 671.